The van der Waals surface area contributed by atoms with Gasteiger partial charge in [0.2, 0.25) is 5.91 Å². The minimum absolute atomic E-state index is 0.0500. The number of nitrogens with zero attached hydrogens (tertiary/aromatic N) is 4. The van der Waals surface area contributed by atoms with E-state index in [1.807, 2.05) is 72.5 Å². The van der Waals surface area contributed by atoms with Crippen molar-refractivity contribution in [2.75, 3.05) is 77.3 Å². The van der Waals surface area contributed by atoms with Crippen LogP contribution < -0.4 is 10.6 Å². The third kappa shape index (κ3) is 9.68. The van der Waals surface area contributed by atoms with Gasteiger partial charge in [-0.05, 0) is 61.4 Å². The molecule has 3 heterocycles. The second-order valence-corrected chi connectivity index (χ2v) is 13.5. The third-order valence-corrected chi connectivity index (χ3v) is 9.99. The highest BCUT2D eigenvalue weighted by Crippen LogP contribution is 2.28. The molecule has 0 aromatic heterocycles. The van der Waals surface area contributed by atoms with Crippen molar-refractivity contribution in [2.45, 2.75) is 45.3 Å². The minimum atomic E-state index is -0.431. The van der Waals surface area contributed by atoms with E-state index in [0.29, 0.717) is 18.7 Å². The number of aryl methyl sites for hydroxylation is 1. The Morgan fingerprint density at radius 2 is 1.47 bits per heavy atom. The molecule has 3 aliphatic rings. The lowest BCUT2D eigenvalue weighted by atomic mass is 10.0. The summed E-state index contributed by atoms with van der Waals surface area (Å²) >= 11 is 0. The van der Waals surface area contributed by atoms with Crippen LogP contribution in [0.25, 0.3) is 11.1 Å². The lowest BCUT2D eigenvalue weighted by molar-refractivity contribution is -0.131. The smallest absolute Gasteiger partial charge is 0.411 e. The highest BCUT2D eigenvalue weighted by molar-refractivity contribution is 5.95. The Morgan fingerprint density at radius 1 is 0.776 bits per heavy atom. The molecule has 10 nitrogen and oxygen atoms in total. The quantitative estimate of drug-likeness (QED) is 0.302. The zero-order valence-electron chi connectivity index (χ0n) is 28.7. The fourth-order valence-corrected chi connectivity index (χ4v) is 7.13. The molecule has 3 aromatic carbocycles. The largest absolute Gasteiger partial charge is 0.446 e. The number of anilines is 1. The number of carbonyl (C=O) groups is 3. The molecule has 6 rings (SSSR count). The molecule has 3 aliphatic heterocycles. The Kier molecular flexibility index (Phi) is 11.9. The maximum absolute atomic E-state index is 13.0. The number of carbonyl (C=O) groups excluding carboxylic acids is 3. The first-order valence-corrected chi connectivity index (χ1v) is 17.9. The van der Waals surface area contributed by atoms with Crippen molar-refractivity contribution in [3.05, 3.63) is 89.5 Å². The number of ether oxygens (including phenoxy) is 1. The van der Waals surface area contributed by atoms with E-state index >= 15 is 0 Å². The van der Waals surface area contributed by atoms with E-state index in [1.165, 1.54) is 5.56 Å². The first kappa shape index (κ1) is 34.6. The number of piperidine rings is 1. The Balaban J connectivity index is 0.873. The van der Waals surface area contributed by atoms with Crippen LogP contribution in [-0.2, 0) is 16.1 Å². The Hall–Kier alpha value is -4.25. The maximum atomic E-state index is 13.0. The summed E-state index contributed by atoms with van der Waals surface area (Å²) in [5, 5.41) is 6.03. The van der Waals surface area contributed by atoms with Crippen LogP contribution in [0.2, 0.25) is 0 Å². The number of para-hydroxylation sites is 1. The summed E-state index contributed by atoms with van der Waals surface area (Å²) in [6, 6.07) is 23.9. The minimum Gasteiger partial charge on any atom is -0.446 e. The SMILES string of the molecule is Cc1cc(CN2CCN(CC(=O)N3CCCC3)CC2)ccc1C(=O)NCCN1CCC(OC(=O)Nc2ccccc2-c2ccccc2)CC1. The fraction of sp³-hybridized carbons (Fsp3) is 0.462. The summed E-state index contributed by atoms with van der Waals surface area (Å²) in [5.74, 6) is 0.222. The lowest BCUT2D eigenvalue weighted by Gasteiger charge is -2.35. The average Bonchev–Trinajstić information content (AvgIpc) is 3.66. The topological polar surface area (TPSA) is 97.5 Å². The fourth-order valence-electron chi connectivity index (χ4n) is 7.13. The van der Waals surface area contributed by atoms with Crippen LogP contribution in [0.4, 0.5) is 10.5 Å². The summed E-state index contributed by atoms with van der Waals surface area (Å²) in [7, 11) is 0. The van der Waals surface area contributed by atoms with Crippen LogP contribution in [0, 0.1) is 6.92 Å². The summed E-state index contributed by atoms with van der Waals surface area (Å²) in [6.45, 7) is 11.8. The van der Waals surface area contributed by atoms with Gasteiger partial charge < -0.3 is 19.9 Å². The number of hydrogen-bond donors (Lipinski definition) is 2. The first-order valence-electron chi connectivity index (χ1n) is 17.9. The van der Waals surface area contributed by atoms with Gasteiger partial charge in [-0.1, -0.05) is 60.7 Å². The number of amides is 3. The number of benzene rings is 3. The van der Waals surface area contributed by atoms with E-state index in [9.17, 15) is 14.4 Å². The molecule has 3 amide bonds. The molecule has 0 saturated carbocycles. The number of nitrogens with one attached hydrogen (secondary N) is 2. The predicted octanol–water partition coefficient (Wildman–Crippen LogP) is 4.84. The molecule has 2 N–H and O–H groups in total. The van der Waals surface area contributed by atoms with Crippen LogP contribution in [-0.4, -0.2) is 116 Å². The molecule has 0 bridgehead atoms. The van der Waals surface area contributed by atoms with Crippen LogP contribution in [0.15, 0.2) is 72.8 Å². The maximum Gasteiger partial charge on any atom is 0.411 e. The standard InChI is InChI=1S/C39H50N6O4/c1-30-27-31(28-43-23-25-44(26-24-43)29-37(46)45-18-7-8-19-45)13-14-34(30)38(47)40-17-22-42-20-15-33(16-21-42)49-39(48)41-36-12-6-5-11-35(36)32-9-3-2-4-10-32/h2-6,9-14,27,33H,7-8,15-26,28-29H2,1H3,(H,40,47)(H,41,48). The van der Waals surface area contributed by atoms with E-state index in [-0.39, 0.29) is 17.9 Å². The van der Waals surface area contributed by atoms with Crippen LogP contribution in [0.5, 0.6) is 0 Å². The molecule has 0 spiro atoms. The van der Waals surface area contributed by atoms with Crippen LogP contribution in [0.3, 0.4) is 0 Å². The molecular weight excluding hydrogens is 616 g/mol. The number of likely N-dealkylation sites (tertiary alicyclic amines) is 2. The summed E-state index contributed by atoms with van der Waals surface area (Å²) in [5.41, 5.74) is 5.61. The van der Waals surface area contributed by atoms with Gasteiger partial charge in [-0.3, -0.25) is 24.7 Å². The van der Waals surface area contributed by atoms with Crippen molar-refractivity contribution in [3.8, 4) is 11.1 Å². The Labute approximate surface area is 290 Å². The summed E-state index contributed by atoms with van der Waals surface area (Å²) < 4.78 is 5.78. The molecule has 3 fully saturated rings. The van der Waals surface area contributed by atoms with E-state index in [4.69, 9.17) is 4.74 Å². The van der Waals surface area contributed by atoms with Gasteiger partial charge in [-0.2, -0.15) is 0 Å². The average molecular weight is 667 g/mol. The zero-order chi connectivity index (χ0) is 34.0. The first-order chi connectivity index (χ1) is 23.9. The van der Waals surface area contributed by atoms with Gasteiger partial charge in [-0.15, -0.1) is 0 Å². The van der Waals surface area contributed by atoms with E-state index < -0.39 is 6.09 Å². The molecule has 49 heavy (non-hydrogen) atoms. The van der Waals surface area contributed by atoms with Crippen molar-refractivity contribution in [1.29, 1.82) is 0 Å². The number of hydrogen-bond acceptors (Lipinski definition) is 7. The van der Waals surface area contributed by atoms with Crippen molar-refractivity contribution < 1.29 is 19.1 Å². The van der Waals surface area contributed by atoms with Gasteiger partial charge >= 0.3 is 6.09 Å². The molecule has 260 valence electrons. The number of rotatable bonds is 11. The van der Waals surface area contributed by atoms with Gasteiger partial charge in [-0.25, -0.2) is 4.79 Å². The van der Waals surface area contributed by atoms with Gasteiger partial charge in [0.1, 0.15) is 6.10 Å². The molecule has 3 saturated heterocycles. The summed E-state index contributed by atoms with van der Waals surface area (Å²) in [6.07, 6.45) is 3.21. The molecular formula is C39H50N6O4. The van der Waals surface area contributed by atoms with Crippen molar-refractivity contribution in [2.24, 2.45) is 0 Å². The Bertz CT molecular complexity index is 1560. The van der Waals surface area contributed by atoms with Gasteiger partial charge in [0, 0.05) is 83.1 Å². The van der Waals surface area contributed by atoms with Crippen LogP contribution >= 0.6 is 0 Å². The van der Waals surface area contributed by atoms with Crippen molar-refractivity contribution in [1.82, 2.24) is 24.9 Å². The molecule has 0 aliphatic carbocycles. The molecule has 0 atom stereocenters. The highest BCUT2D eigenvalue weighted by Gasteiger charge is 2.25. The second kappa shape index (κ2) is 16.9. The predicted molar refractivity (Wildman–Crippen MR) is 192 cm³/mol. The zero-order valence-corrected chi connectivity index (χ0v) is 28.7. The third-order valence-electron chi connectivity index (χ3n) is 9.99. The Morgan fingerprint density at radius 3 is 2.20 bits per heavy atom. The van der Waals surface area contributed by atoms with Gasteiger partial charge in [0.05, 0.1) is 12.2 Å². The number of piperazine rings is 1. The molecule has 3 aromatic rings. The molecule has 0 radical (unpaired) electrons. The van der Waals surface area contributed by atoms with Crippen LogP contribution in [0.1, 0.15) is 47.2 Å². The normalized spacial score (nSPS) is 17.9. The second-order valence-electron chi connectivity index (χ2n) is 13.5. The lowest BCUT2D eigenvalue weighted by Crippen LogP contribution is -2.49. The van der Waals surface area contributed by atoms with Crippen molar-refractivity contribution >= 4 is 23.6 Å². The highest BCUT2D eigenvalue weighted by atomic mass is 16.6. The molecule has 10 heteroatoms. The monoisotopic (exact) mass is 666 g/mol. The van der Waals surface area contributed by atoms with E-state index in [2.05, 4.69) is 37.5 Å². The van der Waals surface area contributed by atoms with E-state index in [0.717, 1.165) is 114 Å². The van der Waals surface area contributed by atoms with Gasteiger partial charge in [0.15, 0.2) is 0 Å². The van der Waals surface area contributed by atoms with E-state index in [1.54, 1.807) is 0 Å². The van der Waals surface area contributed by atoms with Crippen molar-refractivity contribution in [3.63, 3.8) is 0 Å². The molecule has 0 unspecified atom stereocenters. The van der Waals surface area contributed by atoms with Gasteiger partial charge in [0.25, 0.3) is 5.91 Å². The summed E-state index contributed by atoms with van der Waals surface area (Å²) in [4.78, 5) is 47.3.